The number of carbonyl (C=O) groups excluding carboxylic acids is 2. The predicted molar refractivity (Wildman–Crippen MR) is 65.0 cm³/mol. The standard InChI is InChI=1S/C11H11BrF3NO4/c1-19-8(17)2-4-16(6-11(13,14)15)10(18)7-3-5-20-9(7)12/h3,5H,2,4,6H2,1H3. The van der Waals surface area contributed by atoms with E-state index < -0.39 is 31.1 Å². The minimum absolute atomic E-state index is 0.0349. The summed E-state index contributed by atoms with van der Waals surface area (Å²) in [5.74, 6) is -1.58. The van der Waals surface area contributed by atoms with Crippen molar-refractivity contribution in [3.8, 4) is 0 Å². The second-order valence-electron chi connectivity index (χ2n) is 3.78. The molecule has 9 heteroatoms. The van der Waals surface area contributed by atoms with Gasteiger partial charge in [0.2, 0.25) is 0 Å². The maximum Gasteiger partial charge on any atom is 0.406 e. The van der Waals surface area contributed by atoms with Crippen molar-refractivity contribution in [2.75, 3.05) is 20.2 Å². The lowest BCUT2D eigenvalue weighted by Gasteiger charge is -2.23. The molecule has 1 rings (SSSR count). The summed E-state index contributed by atoms with van der Waals surface area (Å²) in [4.78, 5) is 23.5. The van der Waals surface area contributed by atoms with E-state index in [4.69, 9.17) is 4.42 Å². The number of halogens is 4. The zero-order valence-electron chi connectivity index (χ0n) is 10.4. The molecule has 5 nitrogen and oxygen atoms in total. The van der Waals surface area contributed by atoms with Crippen LogP contribution in [0.3, 0.4) is 0 Å². The van der Waals surface area contributed by atoms with E-state index in [2.05, 4.69) is 20.7 Å². The van der Waals surface area contributed by atoms with Crippen LogP contribution in [0.2, 0.25) is 0 Å². The number of furan rings is 1. The first-order valence-corrected chi connectivity index (χ1v) is 6.19. The molecular weight excluding hydrogens is 347 g/mol. The molecular formula is C11H11BrF3NO4. The van der Waals surface area contributed by atoms with Crippen molar-refractivity contribution in [2.24, 2.45) is 0 Å². The highest BCUT2D eigenvalue weighted by molar-refractivity contribution is 9.10. The third-order valence-corrected chi connectivity index (χ3v) is 2.93. The summed E-state index contributed by atoms with van der Waals surface area (Å²) in [6.07, 6.45) is -3.72. The Morgan fingerprint density at radius 3 is 2.55 bits per heavy atom. The van der Waals surface area contributed by atoms with Gasteiger partial charge in [0.15, 0.2) is 4.67 Å². The van der Waals surface area contributed by atoms with E-state index in [0.717, 1.165) is 7.11 Å². The van der Waals surface area contributed by atoms with Gasteiger partial charge in [0, 0.05) is 6.54 Å². The normalized spacial score (nSPS) is 11.2. The Hall–Kier alpha value is -1.51. The van der Waals surface area contributed by atoms with Crippen molar-refractivity contribution in [3.63, 3.8) is 0 Å². The minimum atomic E-state index is -4.57. The van der Waals surface area contributed by atoms with Crippen LogP contribution in [0.15, 0.2) is 21.4 Å². The molecule has 0 saturated carbocycles. The average molecular weight is 358 g/mol. The number of amides is 1. The third kappa shape index (κ3) is 4.87. The monoisotopic (exact) mass is 357 g/mol. The Balaban J connectivity index is 2.84. The highest BCUT2D eigenvalue weighted by Crippen LogP contribution is 2.23. The van der Waals surface area contributed by atoms with Crippen LogP contribution in [-0.2, 0) is 9.53 Å². The summed E-state index contributed by atoms with van der Waals surface area (Å²) in [5, 5.41) is 0. The second-order valence-corrected chi connectivity index (χ2v) is 4.50. The molecule has 1 aromatic rings. The van der Waals surface area contributed by atoms with Crippen LogP contribution in [0.4, 0.5) is 13.2 Å². The molecule has 20 heavy (non-hydrogen) atoms. The third-order valence-electron chi connectivity index (χ3n) is 2.32. The molecule has 0 bridgehead atoms. The van der Waals surface area contributed by atoms with Gasteiger partial charge < -0.3 is 14.1 Å². The van der Waals surface area contributed by atoms with Crippen LogP contribution < -0.4 is 0 Å². The lowest BCUT2D eigenvalue weighted by atomic mass is 10.2. The fraction of sp³-hybridized carbons (Fsp3) is 0.455. The first-order chi connectivity index (χ1) is 9.24. The quantitative estimate of drug-likeness (QED) is 0.760. The fourth-order valence-electron chi connectivity index (χ4n) is 1.41. The second kappa shape index (κ2) is 6.78. The number of nitrogens with zero attached hydrogens (tertiary/aromatic N) is 1. The summed E-state index contributed by atoms with van der Waals surface area (Å²) in [7, 11) is 1.12. The van der Waals surface area contributed by atoms with Crippen molar-refractivity contribution < 1.29 is 31.9 Å². The molecule has 0 saturated heterocycles. The van der Waals surface area contributed by atoms with Gasteiger partial charge in [0.25, 0.3) is 5.91 Å². The van der Waals surface area contributed by atoms with Crippen molar-refractivity contribution in [2.45, 2.75) is 12.6 Å². The molecule has 0 N–H and O–H groups in total. The van der Waals surface area contributed by atoms with Gasteiger partial charge in [0.05, 0.1) is 25.4 Å². The summed E-state index contributed by atoms with van der Waals surface area (Å²) < 4.78 is 46.6. The van der Waals surface area contributed by atoms with Gasteiger partial charge in [-0.05, 0) is 22.0 Å². The first-order valence-electron chi connectivity index (χ1n) is 5.40. The topological polar surface area (TPSA) is 59.8 Å². The molecule has 0 aromatic carbocycles. The molecule has 0 unspecified atom stereocenters. The fourth-order valence-corrected chi connectivity index (χ4v) is 1.82. The van der Waals surface area contributed by atoms with Gasteiger partial charge >= 0.3 is 12.1 Å². The Kier molecular flexibility index (Phi) is 5.61. The molecule has 0 atom stereocenters. The number of esters is 1. The van der Waals surface area contributed by atoms with Crippen LogP contribution in [0.25, 0.3) is 0 Å². The van der Waals surface area contributed by atoms with Gasteiger partial charge in [0.1, 0.15) is 6.54 Å². The molecule has 0 spiro atoms. The maximum atomic E-state index is 12.5. The van der Waals surface area contributed by atoms with Crippen molar-refractivity contribution in [1.29, 1.82) is 0 Å². The number of alkyl halides is 3. The predicted octanol–water partition coefficient (Wildman–Crippen LogP) is 2.61. The van der Waals surface area contributed by atoms with Crippen LogP contribution in [-0.4, -0.2) is 43.2 Å². The largest absolute Gasteiger partial charge is 0.469 e. The molecule has 0 aliphatic rings. The van der Waals surface area contributed by atoms with Crippen LogP contribution >= 0.6 is 15.9 Å². The van der Waals surface area contributed by atoms with E-state index >= 15 is 0 Å². The Bertz CT molecular complexity index is 486. The number of rotatable bonds is 5. The van der Waals surface area contributed by atoms with Gasteiger partial charge in [-0.2, -0.15) is 13.2 Å². The van der Waals surface area contributed by atoms with E-state index in [0.29, 0.717) is 4.90 Å². The Morgan fingerprint density at radius 2 is 2.10 bits per heavy atom. The molecule has 1 amide bonds. The minimum Gasteiger partial charge on any atom is -0.469 e. The summed E-state index contributed by atoms with van der Waals surface area (Å²) in [6.45, 7) is -1.86. The Morgan fingerprint density at radius 1 is 1.45 bits per heavy atom. The SMILES string of the molecule is COC(=O)CCN(CC(F)(F)F)C(=O)c1ccoc1Br. The molecule has 112 valence electrons. The molecule has 0 aliphatic heterocycles. The van der Waals surface area contributed by atoms with Gasteiger partial charge in [-0.25, -0.2) is 0 Å². The summed E-state index contributed by atoms with van der Waals surface area (Å²) in [5.41, 5.74) is -0.0425. The summed E-state index contributed by atoms with van der Waals surface area (Å²) >= 11 is 2.92. The number of hydrogen-bond acceptors (Lipinski definition) is 4. The van der Waals surface area contributed by atoms with Gasteiger partial charge in [-0.1, -0.05) is 0 Å². The van der Waals surface area contributed by atoms with E-state index in [1.165, 1.54) is 12.3 Å². The molecule has 0 radical (unpaired) electrons. The van der Waals surface area contributed by atoms with E-state index in [-0.39, 0.29) is 16.7 Å². The Labute approximate surface area is 120 Å². The lowest BCUT2D eigenvalue weighted by Crippen LogP contribution is -2.40. The number of hydrogen-bond donors (Lipinski definition) is 0. The first kappa shape index (κ1) is 16.5. The van der Waals surface area contributed by atoms with Crippen LogP contribution in [0.5, 0.6) is 0 Å². The highest BCUT2D eigenvalue weighted by atomic mass is 79.9. The highest BCUT2D eigenvalue weighted by Gasteiger charge is 2.34. The van der Waals surface area contributed by atoms with E-state index in [1.54, 1.807) is 0 Å². The number of ether oxygens (including phenoxy) is 1. The molecule has 1 heterocycles. The van der Waals surface area contributed by atoms with Crippen LogP contribution in [0, 0.1) is 0 Å². The summed E-state index contributed by atoms with van der Waals surface area (Å²) in [6, 6.07) is 1.24. The lowest BCUT2D eigenvalue weighted by molar-refractivity contribution is -0.147. The molecule has 1 aromatic heterocycles. The van der Waals surface area contributed by atoms with Gasteiger partial charge in [-0.3, -0.25) is 9.59 Å². The van der Waals surface area contributed by atoms with E-state index in [1.807, 2.05) is 0 Å². The maximum absolute atomic E-state index is 12.5. The zero-order chi connectivity index (χ0) is 15.3. The molecule has 0 aliphatic carbocycles. The van der Waals surface area contributed by atoms with Gasteiger partial charge in [-0.15, -0.1) is 0 Å². The zero-order valence-corrected chi connectivity index (χ0v) is 12.0. The van der Waals surface area contributed by atoms with Crippen molar-refractivity contribution in [1.82, 2.24) is 4.90 Å². The average Bonchev–Trinajstić information content (AvgIpc) is 2.78. The molecule has 0 fully saturated rings. The smallest absolute Gasteiger partial charge is 0.406 e. The van der Waals surface area contributed by atoms with Crippen molar-refractivity contribution in [3.05, 3.63) is 22.6 Å². The number of methoxy groups -OCH3 is 1. The van der Waals surface area contributed by atoms with Crippen LogP contribution in [0.1, 0.15) is 16.8 Å². The number of carbonyl (C=O) groups is 2. The van der Waals surface area contributed by atoms with E-state index in [9.17, 15) is 22.8 Å². The van der Waals surface area contributed by atoms with Crippen molar-refractivity contribution >= 4 is 27.8 Å².